The molecule has 0 spiro atoms. The van der Waals surface area contributed by atoms with E-state index in [1.165, 1.54) is 71.1 Å². The van der Waals surface area contributed by atoms with Gasteiger partial charge in [-0.1, -0.05) is 170 Å². The molecule has 12 rings (SSSR count). The molecular weight excluding hydrogens is 727 g/mol. The molecule has 0 saturated carbocycles. The summed E-state index contributed by atoms with van der Waals surface area (Å²) in [6.07, 6.45) is 0. The summed E-state index contributed by atoms with van der Waals surface area (Å²) in [6, 6.07) is 81.2. The highest BCUT2D eigenvalue weighted by atomic mass is 16.3. The zero-order chi connectivity index (χ0) is 39.6. The SMILES string of the molecule is c1ccc2cc(-c3ccc(N(c4ccc(-c5ccc(-c6cc7ccccc7c7ccccc67)cc5)cc4)c4cccc5oc6c7ccccc7ccc6c45)cc3)ccc2c1. The minimum Gasteiger partial charge on any atom is -0.455 e. The molecule has 1 aromatic heterocycles. The summed E-state index contributed by atoms with van der Waals surface area (Å²) in [5.74, 6) is 0. The lowest BCUT2D eigenvalue weighted by molar-refractivity contribution is 0.672. The Balaban J connectivity index is 0.954. The average molecular weight is 764 g/mol. The van der Waals surface area contributed by atoms with Crippen molar-refractivity contribution >= 4 is 82.1 Å². The van der Waals surface area contributed by atoms with Crippen LogP contribution in [-0.2, 0) is 0 Å². The first kappa shape index (κ1) is 34.1. The highest BCUT2D eigenvalue weighted by molar-refractivity contribution is 6.19. The molecule has 0 saturated heterocycles. The van der Waals surface area contributed by atoms with Crippen LogP contribution in [0.4, 0.5) is 17.1 Å². The van der Waals surface area contributed by atoms with Crippen LogP contribution in [0.15, 0.2) is 229 Å². The Labute approximate surface area is 347 Å². The van der Waals surface area contributed by atoms with Gasteiger partial charge in [0.05, 0.1) is 11.1 Å². The number of nitrogens with zero attached hydrogens (tertiary/aromatic N) is 1. The summed E-state index contributed by atoms with van der Waals surface area (Å²) in [6.45, 7) is 0. The molecule has 2 heteroatoms. The first-order valence-corrected chi connectivity index (χ1v) is 20.6. The van der Waals surface area contributed by atoms with E-state index in [4.69, 9.17) is 4.42 Å². The van der Waals surface area contributed by atoms with E-state index in [9.17, 15) is 0 Å². The maximum Gasteiger partial charge on any atom is 0.143 e. The first-order chi connectivity index (χ1) is 29.7. The lowest BCUT2D eigenvalue weighted by Gasteiger charge is -2.26. The molecule has 0 bridgehead atoms. The van der Waals surface area contributed by atoms with Gasteiger partial charge in [0, 0.05) is 22.1 Å². The van der Waals surface area contributed by atoms with Crippen LogP contribution in [0.25, 0.3) is 98.4 Å². The van der Waals surface area contributed by atoms with Crippen LogP contribution >= 0.6 is 0 Å². The summed E-state index contributed by atoms with van der Waals surface area (Å²) < 4.78 is 6.68. The predicted molar refractivity (Wildman–Crippen MR) is 255 cm³/mol. The number of hydrogen-bond donors (Lipinski definition) is 0. The third-order valence-electron chi connectivity index (χ3n) is 12.2. The van der Waals surface area contributed by atoms with Crippen molar-refractivity contribution in [2.24, 2.45) is 0 Å². The first-order valence-electron chi connectivity index (χ1n) is 20.6. The van der Waals surface area contributed by atoms with E-state index in [2.05, 4.69) is 229 Å². The van der Waals surface area contributed by atoms with Crippen LogP contribution in [0.1, 0.15) is 0 Å². The third kappa shape index (κ3) is 5.65. The quantitative estimate of drug-likeness (QED) is 0.157. The van der Waals surface area contributed by atoms with Gasteiger partial charge in [0.25, 0.3) is 0 Å². The number of anilines is 3. The Morgan fingerprint density at radius 3 is 1.57 bits per heavy atom. The molecule has 11 aromatic carbocycles. The van der Waals surface area contributed by atoms with E-state index in [1.807, 2.05) is 0 Å². The van der Waals surface area contributed by atoms with Gasteiger partial charge < -0.3 is 9.32 Å². The van der Waals surface area contributed by atoms with Gasteiger partial charge in [-0.25, -0.2) is 0 Å². The maximum atomic E-state index is 6.68. The zero-order valence-corrected chi connectivity index (χ0v) is 32.7. The largest absolute Gasteiger partial charge is 0.455 e. The fourth-order valence-corrected chi connectivity index (χ4v) is 9.26. The molecule has 1 heterocycles. The maximum absolute atomic E-state index is 6.68. The summed E-state index contributed by atoms with van der Waals surface area (Å²) >= 11 is 0. The molecule has 0 atom stereocenters. The van der Waals surface area contributed by atoms with Crippen molar-refractivity contribution in [1.29, 1.82) is 0 Å². The Bertz CT molecular complexity index is 3580. The van der Waals surface area contributed by atoms with Crippen LogP contribution in [-0.4, -0.2) is 0 Å². The Hall–Kier alpha value is -7.94. The average Bonchev–Trinajstić information content (AvgIpc) is 3.72. The lowest BCUT2D eigenvalue weighted by atomic mass is 9.92. The van der Waals surface area contributed by atoms with Crippen LogP contribution in [0, 0.1) is 0 Å². The van der Waals surface area contributed by atoms with Crippen LogP contribution in [0.3, 0.4) is 0 Å². The van der Waals surface area contributed by atoms with E-state index in [0.29, 0.717) is 0 Å². The number of benzene rings is 11. The van der Waals surface area contributed by atoms with Crippen LogP contribution in [0.5, 0.6) is 0 Å². The fraction of sp³-hybridized carbons (Fsp3) is 0. The van der Waals surface area contributed by atoms with Crippen molar-refractivity contribution in [2.45, 2.75) is 0 Å². The number of rotatable bonds is 6. The summed E-state index contributed by atoms with van der Waals surface area (Å²) in [5.41, 5.74) is 12.2. The normalized spacial score (nSPS) is 11.7. The molecule has 0 aliphatic rings. The lowest BCUT2D eigenvalue weighted by Crippen LogP contribution is -2.10. The molecule has 12 aromatic rings. The molecule has 0 aliphatic carbocycles. The molecular formula is C58H37NO. The van der Waals surface area contributed by atoms with Crippen molar-refractivity contribution in [2.75, 3.05) is 4.90 Å². The summed E-state index contributed by atoms with van der Waals surface area (Å²) in [4.78, 5) is 2.37. The minimum absolute atomic E-state index is 0.868. The predicted octanol–water partition coefficient (Wildman–Crippen LogP) is 16.7. The molecule has 60 heavy (non-hydrogen) atoms. The van der Waals surface area contributed by atoms with Crippen molar-refractivity contribution in [3.63, 3.8) is 0 Å². The van der Waals surface area contributed by atoms with Gasteiger partial charge in [-0.05, 0) is 126 Å². The molecule has 0 amide bonds. The zero-order valence-electron chi connectivity index (χ0n) is 32.7. The molecule has 0 aliphatic heterocycles. The second-order valence-electron chi connectivity index (χ2n) is 15.7. The second-order valence-corrected chi connectivity index (χ2v) is 15.7. The standard InChI is InChI=1S/C58H37NO/c1-2-12-44-36-45(25-22-38(44)10-1)41-28-33-48(34-29-41)59(55-18-9-19-56-57(55)53-35-30-42-11-3-6-15-50(42)58(53)60-56)47-31-26-40(27-32-47)39-20-23-43(24-21-39)54-37-46-13-4-5-14-49(46)51-16-7-8-17-52(51)54/h1-37H. The van der Waals surface area contributed by atoms with E-state index in [0.717, 1.165) is 44.4 Å². The van der Waals surface area contributed by atoms with Crippen molar-refractivity contribution in [3.8, 4) is 33.4 Å². The Kier molecular flexibility index (Phi) is 7.89. The second kappa shape index (κ2) is 13.9. The van der Waals surface area contributed by atoms with Crippen molar-refractivity contribution in [3.05, 3.63) is 224 Å². The highest BCUT2D eigenvalue weighted by Crippen LogP contribution is 2.45. The van der Waals surface area contributed by atoms with E-state index in [-0.39, 0.29) is 0 Å². The Morgan fingerprint density at radius 2 is 0.833 bits per heavy atom. The molecule has 0 radical (unpaired) electrons. The van der Waals surface area contributed by atoms with Crippen molar-refractivity contribution < 1.29 is 4.42 Å². The van der Waals surface area contributed by atoms with Crippen molar-refractivity contribution in [1.82, 2.24) is 0 Å². The smallest absolute Gasteiger partial charge is 0.143 e. The molecule has 2 nitrogen and oxygen atoms in total. The van der Waals surface area contributed by atoms with E-state index < -0.39 is 0 Å². The van der Waals surface area contributed by atoms with Gasteiger partial charge in [0.1, 0.15) is 11.2 Å². The number of furan rings is 1. The topological polar surface area (TPSA) is 16.4 Å². The van der Waals surface area contributed by atoms with E-state index >= 15 is 0 Å². The monoisotopic (exact) mass is 763 g/mol. The summed E-state index contributed by atoms with van der Waals surface area (Å²) in [7, 11) is 0. The summed E-state index contributed by atoms with van der Waals surface area (Å²) in [5, 5.41) is 12.1. The minimum atomic E-state index is 0.868. The van der Waals surface area contributed by atoms with Gasteiger partial charge in [-0.15, -0.1) is 0 Å². The van der Waals surface area contributed by atoms with Gasteiger partial charge in [0.2, 0.25) is 0 Å². The van der Waals surface area contributed by atoms with Gasteiger partial charge in [-0.2, -0.15) is 0 Å². The fourth-order valence-electron chi connectivity index (χ4n) is 9.26. The van der Waals surface area contributed by atoms with Gasteiger partial charge in [0.15, 0.2) is 0 Å². The molecule has 0 unspecified atom stereocenters. The highest BCUT2D eigenvalue weighted by Gasteiger charge is 2.21. The van der Waals surface area contributed by atoms with Crippen LogP contribution < -0.4 is 4.90 Å². The third-order valence-corrected chi connectivity index (χ3v) is 12.2. The van der Waals surface area contributed by atoms with E-state index in [1.54, 1.807) is 0 Å². The molecule has 0 N–H and O–H groups in total. The Morgan fingerprint density at radius 1 is 0.300 bits per heavy atom. The van der Waals surface area contributed by atoms with Gasteiger partial charge >= 0.3 is 0 Å². The number of fused-ring (bicyclic) bond motifs is 9. The molecule has 0 fully saturated rings. The van der Waals surface area contributed by atoms with Gasteiger partial charge in [-0.3, -0.25) is 0 Å². The number of hydrogen-bond acceptors (Lipinski definition) is 2. The molecule has 280 valence electrons. The van der Waals surface area contributed by atoms with Crippen LogP contribution in [0.2, 0.25) is 0 Å².